The lowest BCUT2D eigenvalue weighted by atomic mass is 9.90. The van der Waals surface area contributed by atoms with Crippen molar-refractivity contribution in [3.63, 3.8) is 0 Å². The van der Waals surface area contributed by atoms with Crippen molar-refractivity contribution in [2.45, 2.75) is 77.4 Å². The van der Waals surface area contributed by atoms with Crippen LogP contribution in [-0.4, -0.2) is 150 Å². The number of anilines is 1. The molecule has 5 heterocycles. The molecule has 0 bridgehead atoms. The molecule has 0 radical (unpaired) electrons. The Labute approximate surface area is 381 Å². The van der Waals surface area contributed by atoms with Crippen LogP contribution in [0.5, 0.6) is 5.75 Å². The van der Waals surface area contributed by atoms with Crippen LogP contribution in [0.4, 0.5) is 28.4 Å². The number of methoxy groups -OCH3 is 1. The number of benzene rings is 3. The molecule has 4 saturated heterocycles. The number of urea groups is 1. The summed E-state index contributed by atoms with van der Waals surface area (Å²) in [6.07, 6.45) is -2.21. The van der Waals surface area contributed by atoms with Gasteiger partial charge in [-0.25, -0.2) is 14.6 Å². The molecule has 4 aromatic rings. The number of likely N-dealkylation sites (tertiary alicyclic amines) is 2. The lowest BCUT2D eigenvalue weighted by Crippen LogP contribution is -2.56. The number of aliphatic hydroxyl groups is 1. The molecule has 0 saturated carbocycles. The van der Waals surface area contributed by atoms with Gasteiger partial charge in [-0.15, -0.1) is 13.2 Å². The molecular weight excluding hydrogens is 862 g/mol. The van der Waals surface area contributed by atoms with Gasteiger partial charge in [0.2, 0.25) is 11.8 Å². The first-order valence-electron chi connectivity index (χ1n) is 22.8. The highest BCUT2D eigenvalue weighted by molar-refractivity contribution is 6.05. The number of alkyl halides is 3. The zero-order valence-electron chi connectivity index (χ0n) is 37.8. The zero-order valence-corrected chi connectivity index (χ0v) is 37.8. The number of alkyl carbamates (subject to hydrolysis) is 1. The number of piperidine rings is 1. The first kappa shape index (κ1) is 46.9. The normalized spacial score (nSPS) is 21.0. The van der Waals surface area contributed by atoms with Crippen molar-refractivity contribution in [3.05, 3.63) is 54.4 Å². The molecule has 3 aromatic carbocycles. The zero-order chi connectivity index (χ0) is 46.9. The van der Waals surface area contributed by atoms with Crippen LogP contribution in [0.3, 0.4) is 0 Å². The fraction of sp³-hybridized carbons (Fsp3) is 0.553. The molecule has 5 amide bonds. The monoisotopic (exact) mass is 920 g/mol. The van der Waals surface area contributed by atoms with Crippen LogP contribution < -0.4 is 15.4 Å². The number of nitrogens with one attached hydrogen (secondary N) is 3. The van der Waals surface area contributed by atoms with E-state index in [1.807, 2.05) is 17.0 Å². The Balaban J connectivity index is 0.958. The van der Waals surface area contributed by atoms with Crippen LogP contribution >= 0.6 is 0 Å². The number of ether oxygens (including phenoxy) is 3. The van der Waals surface area contributed by atoms with Crippen molar-refractivity contribution in [1.29, 1.82) is 0 Å². The van der Waals surface area contributed by atoms with Gasteiger partial charge in [-0.3, -0.25) is 14.5 Å². The predicted octanol–water partition coefficient (Wildman–Crippen LogP) is 6.50. The summed E-state index contributed by atoms with van der Waals surface area (Å²) in [6.45, 7) is 10.1. The van der Waals surface area contributed by atoms with Gasteiger partial charge in [0.25, 0.3) is 0 Å². The van der Waals surface area contributed by atoms with Gasteiger partial charge >= 0.3 is 18.5 Å². The average Bonchev–Trinajstić information content (AvgIpc) is 3.94. The maximum atomic E-state index is 14.3. The molecule has 66 heavy (non-hydrogen) atoms. The van der Waals surface area contributed by atoms with Crippen LogP contribution in [0.15, 0.2) is 48.5 Å². The molecule has 4 N–H and O–H groups in total. The third kappa shape index (κ3) is 10.2. The molecule has 8 rings (SSSR count). The number of imidazole rings is 1. The summed E-state index contributed by atoms with van der Waals surface area (Å²) in [7, 11) is 1.27. The molecule has 16 nitrogen and oxygen atoms in total. The summed E-state index contributed by atoms with van der Waals surface area (Å²) in [4.78, 5) is 68.8. The van der Waals surface area contributed by atoms with Crippen molar-refractivity contribution >= 4 is 51.4 Å². The summed E-state index contributed by atoms with van der Waals surface area (Å²) in [5.41, 5.74) is 1.32. The number of rotatable bonds is 10. The van der Waals surface area contributed by atoms with E-state index in [4.69, 9.17) is 14.5 Å². The van der Waals surface area contributed by atoms with Gasteiger partial charge in [-0.1, -0.05) is 25.1 Å². The fourth-order valence-corrected chi connectivity index (χ4v) is 9.96. The molecule has 4 aliphatic rings. The molecule has 0 aliphatic carbocycles. The van der Waals surface area contributed by atoms with Crippen LogP contribution in [-0.2, 0) is 19.1 Å². The number of hydrogen-bond donors (Lipinski definition) is 4. The largest absolute Gasteiger partial charge is 0.573 e. The number of nitrogens with zero attached hydrogens (tertiary/aromatic N) is 5. The maximum absolute atomic E-state index is 14.3. The number of halogens is 3. The first-order chi connectivity index (χ1) is 31.5. The number of piperazine rings is 1. The Kier molecular flexibility index (Phi) is 13.7. The molecule has 0 unspecified atom stereocenters. The second-order valence-corrected chi connectivity index (χ2v) is 18.7. The number of hydrogen-bond acceptors (Lipinski definition) is 10. The summed E-state index contributed by atoms with van der Waals surface area (Å²) in [5, 5.41) is 16.6. The van der Waals surface area contributed by atoms with Gasteiger partial charge in [0.05, 0.1) is 36.2 Å². The van der Waals surface area contributed by atoms with E-state index < -0.39 is 35.7 Å². The van der Waals surface area contributed by atoms with E-state index in [9.17, 15) is 37.5 Å². The van der Waals surface area contributed by atoms with Crippen molar-refractivity contribution < 1.29 is 51.7 Å². The summed E-state index contributed by atoms with van der Waals surface area (Å²) < 4.78 is 56.6. The quantitative estimate of drug-likeness (QED) is 0.137. The Morgan fingerprint density at radius 3 is 2.35 bits per heavy atom. The fourth-order valence-electron chi connectivity index (χ4n) is 9.96. The van der Waals surface area contributed by atoms with E-state index >= 15 is 0 Å². The number of carbonyl (C=O) groups excluding carboxylic acids is 4. The molecule has 356 valence electrons. The number of aromatic amines is 1. The highest BCUT2D eigenvalue weighted by atomic mass is 19.4. The molecule has 4 fully saturated rings. The van der Waals surface area contributed by atoms with Crippen molar-refractivity contribution in [1.82, 2.24) is 34.9 Å². The minimum Gasteiger partial charge on any atom is -0.453 e. The van der Waals surface area contributed by atoms with Crippen molar-refractivity contribution in [2.24, 2.45) is 17.3 Å². The van der Waals surface area contributed by atoms with Gasteiger partial charge in [0.15, 0.2) is 0 Å². The molecule has 1 aromatic heterocycles. The third-order valence-electron chi connectivity index (χ3n) is 13.7. The van der Waals surface area contributed by atoms with Gasteiger partial charge in [0.1, 0.15) is 17.6 Å². The van der Waals surface area contributed by atoms with E-state index in [2.05, 4.69) is 32.2 Å². The Bertz CT molecular complexity index is 2420. The highest BCUT2D eigenvalue weighted by Crippen LogP contribution is 2.40. The highest BCUT2D eigenvalue weighted by Gasteiger charge is 2.43. The Hall–Kier alpha value is -5.66. The Morgan fingerprint density at radius 1 is 0.939 bits per heavy atom. The van der Waals surface area contributed by atoms with Crippen LogP contribution in [0.25, 0.3) is 32.9 Å². The first-order valence-corrected chi connectivity index (χ1v) is 22.8. The molecule has 4 aliphatic heterocycles. The topological polar surface area (TPSA) is 182 Å². The van der Waals surface area contributed by atoms with Gasteiger partial charge in [-0.2, -0.15) is 0 Å². The summed E-state index contributed by atoms with van der Waals surface area (Å²) >= 11 is 0. The van der Waals surface area contributed by atoms with E-state index in [1.54, 1.807) is 47.9 Å². The van der Waals surface area contributed by atoms with Gasteiger partial charge < -0.3 is 49.6 Å². The lowest BCUT2D eigenvalue weighted by Gasteiger charge is -2.43. The molecule has 19 heteroatoms. The standard InChI is InChI=1S/C47H59F3N8O8/c1-28-23-37(58(26-28)42(60)39(54-45(63)64-4)29-13-21-65-22-14-29)41-52-36-10-6-31-24-30(5-8-35(31)40(36)53-41)34-9-7-32(25-38(34)66-47(48,49)50)51-44(62)57-19-17-55(18-20-57)33-11-15-56(16-12-33)43(61)46(2,3)27-59/h5-10,24-25,28-29,33,37,39,59H,11-23,26-27H2,1-4H3,(H,51,62)(H,52,53)(H,54,63)/t28-,37-,39+/m0/s1. The van der Waals surface area contributed by atoms with E-state index in [1.165, 1.54) is 19.2 Å². The van der Waals surface area contributed by atoms with E-state index in [0.29, 0.717) is 101 Å². The molecule has 0 spiro atoms. The predicted molar refractivity (Wildman–Crippen MR) is 239 cm³/mol. The number of carbonyl (C=O) groups is 4. The smallest absolute Gasteiger partial charge is 0.453 e. The maximum Gasteiger partial charge on any atom is 0.573 e. The lowest BCUT2D eigenvalue weighted by molar-refractivity contribution is -0.274. The van der Waals surface area contributed by atoms with Crippen molar-refractivity contribution in [2.75, 3.05) is 78.1 Å². The minimum absolute atomic E-state index is 0.0586. The van der Waals surface area contributed by atoms with E-state index in [0.717, 1.165) is 23.7 Å². The number of amides is 5. The van der Waals surface area contributed by atoms with Crippen LogP contribution in [0.1, 0.15) is 64.7 Å². The molecule has 3 atom stereocenters. The number of aliphatic hydroxyl groups excluding tert-OH is 1. The van der Waals surface area contributed by atoms with Crippen LogP contribution in [0, 0.1) is 17.3 Å². The van der Waals surface area contributed by atoms with Crippen LogP contribution in [0.2, 0.25) is 0 Å². The second kappa shape index (κ2) is 19.3. The van der Waals surface area contributed by atoms with Gasteiger partial charge in [-0.05, 0) is 93.0 Å². The second-order valence-electron chi connectivity index (χ2n) is 18.7. The summed E-state index contributed by atoms with van der Waals surface area (Å²) in [6, 6.07) is 11.8. The third-order valence-corrected chi connectivity index (χ3v) is 13.7. The van der Waals surface area contributed by atoms with Crippen molar-refractivity contribution in [3.8, 4) is 16.9 Å². The van der Waals surface area contributed by atoms with Gasteiger partial charge in [0, 0.05) is 87.8 Å². The van der Waals surface area contributed by atoms with E-state index in [-0.39, 0.29) is 53.6 Å². The Morgan fingerprint density at radius 2 is 1.67 bits per heavy atom. The summed E-state index contributed by atoms with van der Waals surface area (Å²) in [5.74, 6) is -0.0971. The minimum atomic E-state index is -5.01. The number of aromatic nitrogens is 2. The number of H-pyrrole nitrogens is 1. The SMILES string of the molecule is COC(=O)N[C@@H](C(=O)N1C[C@@H](C)C[C@H]1c1nc2c(ccc3cc(-c4ccc(NC(=O)N5CCN(C6CCN(C(=O)C(C)(C)CO)CC6)CC5)cc4OC(F)(F)F)ccc32)[nH]1)C1CCOCC1. The average molecular weight is 921 g/mol. The number of fused-ring (bicyclic) bond motifs is 3. The molecular formula is C47H59F3N8O8.